The summed E-state index contributed by atoms with van der Waals surface area (Å²) in [6.07, 6.45) is 2.31. The number of carbonyl (C=O) groups is 1. The lowest BCUT2D eigenvalue weighted by Crippen LogP contribution is -2.69. The molecule has 6 nitrogen and oxygen atoms in total. The smallest absolute Gasteiger partial charge is 0.252 e. The van der Waals surface area contributed by atoms with Crippen LogP contribution in [0.5, 0.6) is 0 Å². The van der Waals surface area contributed by atoms with Gasteiger partial charge in [0.25, 0.3) is 5.91 Å². The third-order valence-corrected chi connectivity index (χ3v) is 4.57. The highest BCUT2D eigenvalue weighted by Crippen LogP contribution is 2.39. The molecule has 5 N–H and O–H groups in total. The van der Waals surface area contributed by atoms with E-state index in [1.54, 1.807) is 6.92 Å². The zero-order valence-corrected chi connectivity index (χ0v) is 12.4. The van der Waals surface area contributed by atoms with Crippen molar-refractivity contribution in [3.63, 3.8) is 0 Å². The molecule has 1 aromatic rings. The van der Waals surface area contributed by atoms with E-state index in [1.165, 1.54) is 0 Å². The van der Waals surface area contributed by atoms with Crippen molar-refractivity contribution in [2.24, 2.45) is 17.4 Å². The monoisotopic (exact) mass is 290 g/mol. The summed E-state index contributed by atoms with van der Waals surface area (Å²) in [5.74, 6) is -0.0613. The van der Waals surface area contributed by atoms with Gasteiger partial charge in [-0.3, -0.25) is 9.78 Å². The maximum Gasteiger partial charge on any atom is 0.252 e. The average molecular weight is 290 g/mol. The van der Waals surface area contributed by atoms with E-state index in [0.717, 1.165) is 25.1 Å². The predicted molar refractivity (Wildman–Crippen MR) is 80.1 cm³/mol. The van der Waals surface area contributed by atoms with Crippen LogP contribution in [0.3, 0.4) is 0 Å². The molecule has 0 bridgehead atoms. The Labute approximate surface area is 124 Å². The molecule has 6 heteroatoms. The first-order valence-corrected chi connectivity index (χ1v) is 7.41. The Hall–Kier alpha value is -1.66. The fraction of sp³-hybridized carbons (Fsp3) is 0.600. The molecule has 1 aromatic heterocycles. The quantitative estimate of drug-likeness (QED) is 0.761. The Kier molecular flexibility index (Phi) is 3.59. The summed E-state index contributed by atoms with van der Waals surface area (Å²) in [6.45, 7) is 4.46. The number of amides is 1. The molecule has 4 unspecified atom stereocenters. The van der Waals surface area contributed by atoms with Crippen LogP contribution in [-0.2, 0) is 4.74 Å². The van der Waals surface area contributed by atoms with Gasteiger partial charge in [-0.05, 0) is 32.8 Å². The van der Waals surface area contributed by atoms with Crippen LogP contribution in [0, 0.1) is 19.8 Å². The standard InChI is InChI=1S/C15H22N4O2/c1-7-6-10(11(15(17)20)8(2)18-7)19-13-12(16)9-4-3-5-21-14(9)13/h6,9,12-14H,3-5,16H2,1-2H3,(H2,17,20)(H,18,19). The SMILES string of the molecule is Cc1cc(NC2C(N)C3CCCOC32)c(C(N)=O)c(C)n1. The molecule has 21 heavy (non-hydrogen) atoms. The van der Waals surface area contributed by atoms with Crippen LogP contribution in [0.1, 0.15) is 34.6 Å². The van der Waals surface area contributed by atoms with E-state index in [4.69, 9.17) is 16.2 Å². The summed E-state index contributed by atoms with van der Waals surface area (Å²) in [5, 5.41) is 3.37. The van der Waals surface area contributed by atoms with E-state index in [-0.39, 0.29) is 18.2 Å². The maximum absolute atomic E-state index is 11.7. The van der Waals surface area contributed by atoms with Crippen LogP contribution in [0.2, 0.25) is 0 Å². The Morgan fingerprint density at radius 1 is 1.48 bits per heavy atom. The number of rotatable bonds is 3. The zero-order valence-electron chi connectivity index (χ0n) is 12.4. The lowest BCUT2D eigenvalue weighted by molar-refractivity contribution is -0.104. The molecular weight excluding hydrogens is 268 g/mol. The van der Waals surface area contributed by atoms with Gasteiger partial charge < -0.3 is 21.5 Å². The van der Waals surface area contributed by atoms with Gasteiger partial charge in [0.2, 0.25) is 0 Å². The zero-order chi connectivity index (χ0) is 15.1. The second kappa shape index (κ2) is 5.27. The fourth-order valence-corrected chi connectivity index (χ4v) is 3.56. The van der Waals surface area contributed by atoms with Gasteiger partial charge in [-0.25, -0.2) is 0 Å². The van der Waals surface area contributed by atoms with Crippen molar-refractivity contribution in [1.82, 2.24) is 4.98 Å². The Morgan fingerprint density at radius 2 is 2.24 bits per heavy atom. The second-order valence-corrected chi connectivity index (χ2v) is 6.02. The first kappa shape index (κ1) is 14.3. The summed E-state index contributed by atoms with van der Waals surface area (Å²) in [4.78, 5) is 16.0. The molecule has 3 rings (SSSR count). The number of nitrogens with zero attached hydrogens (tertiary/aromatic N) is 1. The van der Waals surface area contributed by atoms with E-state index in [9.17, 15) is 4.79 Å². The third-order valence-electron chi connectivity index (χ3n) is 4.57. The number of carbonyl (C=O) groups excluding carboxylic acids is 1. The molecule has 1 aliphatic carbocycles. The first-order valence-electron chi connectivity index (χ1n) is 7.41. The lowest BCUT2D eigenvalue weighted by Gasteiger charge is -2.52. The summed E-state index contributed by atoms with van der Waals surface area (Å²) < 4.78 is 5.82. The number of fused-ring (bicyclic) bond motifs is 1. The van der Waals surface area contributed by atoms with Gasteiger partial charge in [-0.15, -0.1) is 0 Å². The van der Waals surface area contributed by atoms with Crippen LogP contribution < -0.4 is 16.8 Å². The summed E-state index contributed by atoms with van der Waals surface area (Å²) in [7, 11) is 0. The molecule has 4 atom stereocenters. The molecular formula is C15H22N4O2. The van der Waals surface area contributed by atoms with Crippen LogP contribution in [0.15, 0.2) is 6.07 Å². The van der Waals surface area contributed by atoms with E-state index >= 15 is 0 Å². The summed E-state index contributed by atoms with van der Waals surface area (Å²) in [6, 6.07) is 1.91. The van der Waals surface area contributed by atoms with Crippen LogP contribution >= 0.6 is 0 Å². The van der Waals surface area contributed by atoms with Gasteiger partial charge in [-0.2, -0.15) is 0 Å². The number of hydrogen-bond donors (Lipinski definition) is 3. The van der Waals surface area contributed by atoms with Crippen molar-refractivity contribution in [2.45, 2.75) is 44.9 Å². The molecule has 1 saturated carbocycles. The van der Waals surface area contributed by atoms with Crippen LogP contribution in [0.4, 0.5) is 5.69 Å². The molecule has 0 radical (unpaired) electrons. The van der Waals surface area contributed by atoms with E-state index in [0.29, 0.717) is 22.9 Å². The average Bonchev–Trinajstić information content (AvgIpc) is 2.43. The number of ether oxygens (including phenoxy) is 1. The number of primary amides is 1. The molecule has 114 valence electrons. The van der Waals surface area contributed by atoms with Gasteiger partial charge >= 0.3 is 0 Å². The molecule has 2 aliphatic rings. The normalized spacial score (nSPS) is 31.2. The number of aryl methyl sites for hydroxylation is 2. The minimum atomic E-state index is -0.475. The predicted octanol–water partition coefficient (Wildman–Crippen LogP) is 0.714. The minimum Gasteiger partial charge on any atom is -0.377 e. The number of pyridine rings is 1. The summed E-state index contributed by atoms with van der Waals surface area (Å²) in [5.41, 5.74) is 14.4. The van der Waals surface area contributed by atoms with Crippen molar-refractivity contribution in [2.75, 3.05) is 11.9 Å². The van der Waals surface area contributed by atoms with Crippen molar-refractivity contribution in [3.05, 3.63) is 23.0 Å². The highest BCUT2D eigenvalue weighted by Gasteiger charge is 2.50. The van der Waals surface area contributed by atoms with E-state index in [1.807, 2.05) is 13.0 Å². The topological polar surface area (TPSA) is 103 Å². The van der Waals surface area contributed by atoms with Crippen molar-refractivity contribution < 1.29 is 9.53 Å². The van der Waals surface area contributed by atoms with E-state index in [2.05, 4.69) is 10.3 Å². The Morgan fingerprint density at radius 3 is 2.95 bits per heavy atom. The number of nitrogens with two attached hydrogens (primary N) is 2. The summed E-state index contributed by atoms with van der Waals surface area (Å²) >= 11 is 0. The highest BCUT2D eigenvalue weighted by molar-refractivity contribution is 5.99. The maximum atomic E-state index is 11.7. The van der Waals surface area contributed by atoms with Crippen LogP contribution in [0.25, 0.3) is 0 Å². The lowest BCUT2D eigenvalue weighted by atomic mass is 9.68. The van der Waals surface area contributed by atoms with Gasteiger partial charge in [-0.1, -0.05) is 0 Å². The first-order chi connectivity index (χ1) is 9.99. The van der Waals surface area contributed by atoms with Crippen LogP contribution in [-0.4, -0.2) is 35.7 Å². The third kappa shape index (κ3) is 2.38. The highest BCUT2D eigenvalue weighted by atomic mass is 16.5. The second-order valence-electron chi connectivity index (χ2n) is 6.02. The molecule has 1 amide bonds. The molecule has 2 heterocycles. The number of anilines is 1. The van der Waals surface area contributed by atoms with Crippen molar-refractivity contribution in [1.29, 1.82) is 0 Å². The van der Waals surface area contributed by atoms with Gasteiger partial charge in [0, 0.05) is 24.3 Å². The molecule has 0 aromatic carbocycles. The molecule has 1 saturated heterocycles. The molecule has 0 spiro atoms. The van der Waals surface area contributed by atoms with Gasteiger partial charge in [0.1, 0.15) is 0 Å². The van der Waals surface area contributed by atoms with Crippen molar-refractivity contribution >= 4 is 11.6 Å². The molecule has 1 aliphatic heterocycles. The largest absolute Gasteiger partial charge is 0.377 e. The Balaban J connectivity index is 1.86. The fourth-order valence-electron chi connectivity index (χ4n) is 3.56. The Bertz CT molecular complexity index is 575. The molecule has 2 fully saturated rings. The van der Waals surface area contributed by atoms with Crippen molar-refractivity contribution in [3.8, 4) is 0 Å². The number of aromatic nitrogens is 1. The van der Waals surface area contributed by atoms with Gasteiger partial charge in [0.05, 0.1) is 29.1 Å². The van der Waals surface area contributed by atoms with E-state index < -0.39 is 5.91 Å². The number of hydrogen-bond acceptors (Lipinski definition) is 5. The van der Waals surface area contributed by atoms with Gasteiger partial charge in [0.15, 0.2) is 0 Å². The minimum absolute atomic E-state index is 0.0228. The number of nitrogens with one attached hydrogen (secondary N) is 1.